The number of sulfonamides is 1. The molecule has 2 rings (SSSR count). The molecule has 2 unspecified atom stereocenters. The molecule has 0 fully saturated rings. The number of hydrogen-bond donors (Lipinski definition) is 1. The van der Waals surface area contributed by atoms with E-state index in [0.29, 0.717) is 33.4 Å². The standard InChI is InChI=1S/C24H28Cl2F3N3O4S/c1-5-15(2)30-23(34)16(3)31(13-17-8-6-7-9-19(17)25)22(33)14-32(37(4,35)36)21-12-18(24(27,28)29)10-11-20(21)26/h6-12,15-16H,5,13-14H2,1-4H3,(H,30,34). The Labute approximate surface area is 224 Å². The van der Waals surface area contributed by atoms with Gasteiger partial charge in [0.2, 0.25) is 21.8 Å². The third-order valence-corrected chi connectivity index (χ3v) is 7.50. The minimum absolute atomic E-state index is 0.151. The lowest BCUT2D eigenvalue weighted by Crippen LogP contribution is -2.52. The highest BCUT2D eigenvalue weighted by Gasteiger charge is 2.35. The quantitative estimate of drug-likeness (QED) is 0.422. The van der Waals surface area contributed by atoms with Crippen molar-refractivity contribution >= 4 is 50.7 Å². The minimum Gasteiger partial charge on any atom is -0.352 e. The fourth-order valence-corrected chi connectivity index (χ4v) is 4.65. The average molecular weight is 582 g/mol. The Kier molecular flexibility index (Phi) is 10.3. The molecule has 0 saturated heterocycles. The molecular formula is C24H28Cl2F3N3O4S. The number of anilines is 1. The fourth-order valence-electron chi connectivity index (χ4n) is 3.33. The van der Waals surface area contributed by atoms with Crippen LogP contribution in [0.4, 0.5) is 18.9 Å². The zero-order valence-corrected chi connectivity index (χ0v) is 23.0. The summed E-state index contributed by atoms with van der Waals surface area (Å²) in [6.07, 6.45) is -3.40. The molecular weight excluding hydrogens is 554 g/mol. The van der Waals surface area contributed by atoms with E-state index in [0.717, 1.165) is 17.2 Å². The lowest BCUT2D eigenvalue weighted by atomic mass is 10.1. The van der Waals surface area contributed by atoms with E-state index in [4.69, 9.17) is 23.2 Å². The molecule has 0 radical (unpaired) electrons. The maximum absolute atomic E-state index is 13.5. The van der Waals surface area contributed by atoms with Gasteiger partial charge in [-0.2, -0.15) is 13.2 Å². The van der Waals surface area contributed by atoms with Gasteiger partial charge in [-0.05, 0) is 50.1 Å². The van der Waals surface area contributed by atoms with Crippen LogP contribution in [0.25, 0.3) is 0 Å². The first kappa shape index (κ1) is 30.7. The number of halogens is 5. The molecule has 0 heterocycles. The summed E-state index contributed by atoms with van der Waals surface area (Å²) in [7, 11) is -4.27. The highest BCUT2D eigenvalue weighted by Crippen LogP contribution is 2.36. The molecule has 0 bridgehead atoms. The molecule has 37 heavy (non-hydrogen) atoms. The number of rotatable bonds is 10. The molecule has 0 aliphatic rings. The number of hydrogen-bond acceptors (Lipinski definition) is 4. The number of alkyl halides is 3. The van der Waals surface area contributed by atoms with Gasteiger partial charge < -0.3 is 10.2 Å². The van der Waals surface area contributed by atoms with Crippen LogP contribution in [0.2, 0.25) is 10.0 Å². The molecule has 13 heteroatoms. The summed E-state index contributed by atoms with van der Waals surface area (Å²) in [6, 6.07) is 7.52. The number of amides is 2. The Morgan fingerprint density at radius 1 is 1.05 bits per heavy atom. The van der Waals surface area contributed by atoms with Crippen LogP contribution in [-0.4, -0.2) is 50.0 Å². The van der Waals surface area contributed by atoms with Gasteiger partial charge in [-0.15, -0.1) is 0 Å². The smallest absolute Gasteiger partial charge is 0.352 e. The summed E-state index contributed by atoms with van der Waals surface area (Å²) in [6.45, 7) is 4.07. The molecule has 0 aliphatic heterocycles. The van der Waals surface area contributed by atoms with E-state index in [1.165, 1.54) is 6.92 Å². The molecule has 2 amide bonds. The number of carbonyl (C=O) groups is 2. The molecule has 0 saturated carbocycles. The summed E-state index contributed by atoms with van der Waals surface area (Å²) in [5.41, 5.74) is -1.16. The van der Waals surface area contributed by atoms with E-state index in [2.05, 4.69) is 5.32 Å². The number of benzene rings is 2. The molecule has 204 valence electrons. The Bertz CT molecular complexity index is 1240. The van der Waals surface area contributed by atoms with Gasteiger partial charge in [0.05, 0.1) is 22.5 Å². The largest absolute Gasteiger partial charge is 0.416 e. The Morgan fingerprint density at radius 2 is 1.68 bits per heavy atom. The fraction of sp³-hybridized carbons (Fsp3) is 0.417. The van der Waals surface area contributed by atoms with Crippen molar-refractivity contribution in [2.24, 2.45) is 0 Å². The van der Waals surface area contributed by atoms with Crippen molar-refractivity contribution in [2.75, 3.05) is 17.1 Å². The van der Waals surface area contributed by atoms with Crippen molar-refractivity contribution in [2.45, 2.75) is 52.0 Å². The van der Waals surface area contributed by atoms with E-state index in [-0.39, 0.29) is 17.6 Å². The van der Waals surface area contributed by atoms with Crippen LogP contribution in [0, 0.1) is 0 Å². The number of nitrogens with one attached hydrogen (secondary N) is 1. The Hall–Kier alpha value is -2.50. The van der Waals surface area contributed by atoms with Crippen molar-refractivity contribution in [1.82, 2.24) is 10.2 Å². The lowest BCUT2D eigenvalue weighted by Gasteiger charge is -2.32. The average Bonchev–Trinajstić information content (AvgIpc) is 2.80. The molecule has 0 spiro atoms. The number of carbonyl (C=O) groups excluding carboxylic acids is 2. The second-order valence-corrected chi connectivity index (χ2v) is 11.3. The van der Waals surface area contributed by atoms with Crippen LogP contribution in [-0.2, 0) is 32.3 Å². The van der Waals surface area contributed by atoms with Gasteiger partial charge in [-0.25, -0.2) is 8.42 Å². The third kappa shape index (κ3) is 8.24. The second kappa shape index (κ2) is 12.4. The van der Waals surface area contributed by atoms with E-state index < -0.39 is 51.9 Å². The Morgan fingerprint density at radius 3 is 2.22 bits per heavy atom. The van der Waals surface area contributed by atoms with Crippen LogP contribution in [0.3, 0.4) is 0 Å². The van der Waals surface area contributed by atoms with Crippen LogP contribution in [0.1, 0.15) is 38.3 Å². The van der Waals surface area contributed by atoms with Gasteiger partial charge in [0.15, 0.2) is 0 Å². The first-order valence-corrected chi connectivity index (χ1v) is 13.8. The van der Waals surface area contributed by atoms with Gasteiger partial charge in [-0.1, -0.05) is 48.3 Å². The van der Waals surface area contributed by atoms with E-state index in [1.54, 1.807) is 31.2 Å². The second-order valence-electron chi connectivity index (χ2n) is 8.54. The van der Waals surface area contributed by atoms with Crippen LogP contribution in [0.5, 0.6) is 0 Å². The first-order chi connectivity index (χ1) is 17.1. The van der Waals surface area contributed by atoms with E-state index >= 15 is 0 Å². The van der Waals surface area contributed by atoms with Gasteiger partial charge in [-0.3, -0.25) is 13.9 Å². The monoisotopic (exact) mass is 581 g/mol. The molecule has 2 aromatic carbocycles. The molecule has 0 aliphatic carbocycles. The van der Waals surface area contributed by atoms with Gasteiger partial charge >= 0.3 is 6.18 Å². The zero-order chi connectivity index (χ0) is 28.1. The molecule has 2 atom stereocenters. The zero-order valence-electron chi connectivity index (χ0n) is 20.6. The van der Waals surface area contributed by atoms with E-state index in [1.807, 2.05) is 6.92 Å². The molecule has 2 aromatic rings. The van der Waals surface area contributed by atoms with Crippen molar-refractivity contribution < 1.29 is 31.2 Å². The SMILES string of the molecule is CCC(C)NC(=O)C(C)N(Cc1ccccc1Cl)C(=O)CN(c1cc(C(F)(F)F)ccc1Cl)S(C)(=O)=O. The summed E-state index contributed by atoms with van der Waals surface area (Å²) in [5.74, 6) is -1.33. The van der Waals surface area contributed by atoms with Crippen molar-refractivity contribution in [3.63, 3.8) is 0 Å². The van der Waals surface area contributed by atoms with Crippen molar-refractivity contribution in [3.8, 4) is 0 Å². The van der Waals surface area contributed by atoms with Gasteiger partial charge in [0.1, 0.15) is 12.6 Å². The summed E-state index contributed by atoms with van der Waals surface area (Å²) in [5, 5.41) is 2.79. The minimum atomic E-state index is -4.77. The topological polar surface area (TPSA) is 86.8 Å². The first-order valence-electron chi connectivity index (χ1n) is 11.2. The molecule has 7 nitrogen and oxygen atoms in total. The highest BCUT2D eigenvalue weighted by atomic mass is 35.5. The van der Waals surface area contributed by atoms with Crippen LogP contribution < -0.4 is 9.62 Å². The van der Waals surface area contributed by atoms with Crippen molar-refractivity contribution in [3.05, 3.63) is 63.6 Å². The third-order valence-electron chi connectivity index (χ3n) is 5.69. The summed E-state index contributed by atoms with van der Waals surface area (Å²) >= 11 is 12.3. The summed E-state index contributed by atoms with van der Waals surface area (Å²) < 4.78 is 65.7. The maximum Gasteiger partial charge on any atom is 0.416 e. The van der Waals surface area contributed by atoms with E-state index in [9.17, 15) is 31.2 Å². The van der Waals surface area contributed by atoms with Crippen molar-refractivity contribution in [1.29, 1.82) is 0 Å². The summed E-state index contributed by atoms with van der Waals surface area (Å²) in [4.78, 5) is 27.5. The van der Waals surface area contributed by atoms with Crippen LogP contribution >= 0.6 is 23.2 Å². The Balaban J connectivity index is 2.51. The highest BCUT2D eigenvalue weighted by molar-refractivity contribution is 7.92. The lowest BCUT2D eigenvalue weighted by molar-refractivity contribution is -0.139. The maximum atomic E-state index is 13.5. The van der Waals surface area contributed by atoms with Crippen LogP contribution in [0.15, 0.2) is 42.5 Å². The number of nitrogens with zero attached hydrogens (tertiary/aromatic N) is 2. The molecule has 0 aromatic heterocycles. The predicted molar refractivity (Wildman–Crippen MR) is 138 cm³/mol. The van der Waals surface area contributed by atoms with Gasteiger partial charge in [0.25, 0.3) is 0 Å². The van der Waals surface area contributed by atoms with Gasteiger partial charge in [0, 0.05) is 17.6 Å². The normalized spacial score (nSPS) is 13.5. The molecule has 1 N–H and O–H groups in total. The predicted octanol–water partition coefficient (Wildman–Crippen LogP) is 5.11.